The first kappa shape index (κ1) is 22.7. The van der Waals surface area contributed by atoms with Crippen LogP contribution in [-0.4, -0.2) is 72.2 Å². The Balaban J connectivity index is 1.34. The van der Waals surface area contributed by atoms with E-state index in [4.69, 9.17) is 0 Å². The lowest BCUT2D eigenvalue weighted by Crippen LogP contribution is -2.48. The van der Waals surface area contributed by atoms with Crippen molar-refractivity contribution in [3.8, 4) is 0 Å². The maximum Gasteiger partial charge on any atom is 0.253 e. The van der Waals surface area contributed by atoms with E-state index in [0.29, 0.717) is 0 Å². The first-order valence-electron chi connectivity index (χ1n) is 11.9. The second kappa shape index (κ2) is 9.97. The smallest absolute Gasteiger partial charge is 0.253 e. The molecule has 170 valence electrons. The van der Waals surface area contributed by atoms with E-state index in [0.717, 1.165) is 76.3 Å². The largest absolute Gasteiger partial charge is 0.336 e. The van der Waals surface area contributed by atoms with Crippen LogP contribution < -0.4 is 0 Å². The summed E-state index contributed by atoms with van der Waals surface area (Å²) in [7, 11) is 0. The van der Waals surface area contributed by atoms with Crippen LogP contribution in [0.25, 0.3) is 0 Å². The van der Waals surface area contributed by atoms with Gasteiger partial charge in [-0.3, -0.25) is 14.5 Å². The highest BCUT2D eigenvalue weighted by Gasteiger charge is 2.40. The Kier molecular flexibility index (Phi) is 7.07. The molecule has 5 nitrogen and oxygen atoms in total. The number of hydrogen-bond donors (Lipinski definition) is 0. The molecule has 0 spiro atoms. The van der Waals surface area contributed by atoms with E-state index in [9.17, 15) is 9.59 Å². The van der Waals surface area contributed by atoms with Crippen LogP contribution in [0.1, 0.15) is 48.2 Å². The summed E-state index contributed by atoms with van der Waals surface area (Å²) in [6.45, 7) is 11.1. The van der Waals surface area contributed by atoms with E-state index in [-0.39, 0.29) is 17.1 Å². The van der Waals surface area contributed by atoms with Crippen molar-refractivity contribution in [2.45, 2.75) is 38.6 Å². The van der Waals surface area contributed by atoms with Crippen molar-refractivity contribution in [1.29, 1.82) is 0 Å². The van der Waals surface area contributed by atoms with Crippen molar-refractivity contribution in [3.05, 3.63) is 71.3 Å². The first-order valence-corrected chi connectivity index (χ1v) is 11.9. The maximum absolute atomic E-state index is 12.8. The van der Waals surface area contributed by atoms with Gasteiger partial charge in [0.1, 0.15) is 5.78 Å². The number of carbonyl (C=O) groups excluding carboxylic acids is 2. The summed E-state index contributed by atoms with van der Waals surface area (Å²) in [5, 5.41) is 0. The molecule has 2 aliphatic heterocycles. The van der Waals surface area contributed by atoms with E-state index < -0.39 is 0 Å². The molecule has 2 aromatic carbocycles. The summed E-state index contributed by atoms with van der Waals surface area (Å²) in [4.78, 5) is 32.2. The van der Waals surface area contributed by atoms with Gasteiger partial charge in [-0.1, -0.05) is 49.4 Å². The van der Waals surface area contributed by atoms with Crippen molar-refractivity contribution in [1.82, 2.24) is 14.7 Å². The van der Waals surface area contributed by atoms with Gasteiger partial charge in [0.15, 0.2) is 0 Å². The minimum absolute atomic E-state index is 0.138. The molecular weight excluding hydrogens is 398 g/mol. The Morgan fingerprint density at radius 2 is 1.44 bits per heavy atom. The molecule has 4 rings (SSSR count). The summed E-state index contributed by atoms with van der Waals surface area (Å²) in [5.41, 5.74) is 2.79. The number of hydrogen-bond acceptors (Lipinski definition) is 4. The fourth-order valence-corrected chi connectivity index (χ4v) is 5.15. The number of likely N-dealkylation sites (N-methyl/N-ethyl adjacent to an activating group) is 1. The van der Waals surface area contributed by atoms with Crippen LogP contribution in [0.15, 0.2) is 54.6 Å². The SMILES string of the molecule is CCN1CCN(C(=O)c2ccc(CN3CCC(C(C)=O)(c4ccccc4)CC3)cc2)CC1. The molecule has 1 amide bonds. The molecule has 0 radical (unpaired) electrons. The molecule has 32 heavy (non-hydrogen) atoms. The lowest BCUT2D eigenvalue weighted by Gasteiger charge is -2.40. The van der Waals surface area contributed by atoms with Gasteiger partial charge >= 0.3 is 0 Å². The van der Waals surface area contributed by atoms with Crippen LogP contribution in [0, 0.1) is 0 Å². The predicted octanol–water partition coefficient (Wildman–Crippen LogP) is 3.59. The van der Waals surface area contributed by atoms with Gasteiger partial charge in [0, 0.05) is 38.3 Å². The number of Topliss-reactive ketones (excluding diaryl/α,β-unsaturated/α-hetero) is 1. The van der Waals surface area contributed by atoms with Crippen LogP contribution in [-0.2, 0) is 16.8 Å². The monoisotopic (exact) mass is 433 g/mol. The molecule has 2 aromatic rings. The van der Waals surface area contributed by atoms with Gasteiger partial charge in [-0.15, -0.1) is 0 Å². The van der Waals surface area contributed by atoms with Gasteiger partial charge in [0.25, 0.3) is 5.91 Å². The minimum atomic E-state index is -0.351. The molecule has 0 unspecified atom stereocenters. The number of benzene rings is 2. The quantitative estimate of drug-likeness (QED) is 0.698. The van der Waals surface area contributed by atoms with Gasteiger partial charge in [-0.05, 0) is 62.7 Å². The number of ketones is 1. The minimum Gasteiger partial charge on any atom is -0.336 e. The van der Waals surface area contributed by atoms with Crippen molar-refractivity contribution in [2.75, 3.05) is 45.8 Å². The first-order chi connectivity index (χ1) is 15.5. The fraction of sp³-hybridized carbons (Fsp3) is 0.481. The molecule has 2 aliphatic rings. The maximum atomic E-state index is 12.8. The van der Waals surface area contributed by atoms with Gasteiger partial charge in [-0.2, -0.15) is 0 Å². The van der Waals surface area contributed by atoms with Gasteiger partial charge in [0.2, 0.25) is 0 Å². The molecule has 0 N–H and O–H groups in total. The lowest BCUT2D eigenvalue weighted by molar-refractivity contribution is -0.124. The number of amides is 1. The van der Waals surface area contributed by atoms with E-state index in [1.165, 1.54) is 5.56 Å². The Labute approximate surface area is 192 Å². The van der Waals surface area contributed by atoms with Crippen LogP contribution in [0.3, 0.4) is 0 Å². The molecule has 2 fully saturated rings. The second-order valence-electron chi connectivity index (χ2n) is 9.20. The molecule has 0 saturated carbocycles. The summed E-state index contributed by atoms with van der Waals surface area (Å²) in [6, 6.07) is 18.3. The molecule has 2 saturated heterocycles. The van der Waals surface area contributed by atoms with Crippen LogP contribution in [0.2, 0.25) is 0 Å². The third-order valence-electron chi connectivity index (χ3n) is 7.42. The standard InChI is InChI=1S/C27H35N3O2/c1-3-28-17-19-30(20-18-28)26(32)24-11-9-23(10-12-24)21-29-15-13-27(14-16-29,22(2)31)25-7-5-4-6-8-25/h4-12H,3,13-21H2,1-2H3. The Hall–Kier alpha value is -2.50. The van der Waals surface area contributed by atoms with Gasteiger partial charge < -0.3 is 9.80 Å². The Bertz CT molecular complexity index is 910. The third-order valence-corrected chi connectivity index (χ3v) is 7.42. The summed E-state index contributed by atoms with van der Waals surface area (Å²) < 4.78 is 0. The zero-order valence-corrected chi connectivity index (χ0v) is 19.4. The second-order valence-corrected chi connectivity index (χ2v) is 9.20. The molecule has 5 heteroatoms. The average Bonchev–Trinajstić information content (AvgIpc) is 2.85. The van der Waals surface area contributed by atoms with E-state index >= 15 is 0 Å². The highest BCUT2D eigenvalue weighted by Crippen LogP contribution is 2.36. The topological polar surface area (TPSA) is 43.9 Å². The van der Waals surface area contributed by atoms with Crippen LogP contribution in [0.4, 0.5) is 0 Å². The van der Waals surface area contributed by atoms with Crippen molar-refractivity contribution < 1.29 is 9.59 Å². The molecule has 0 atom stereocenters. The number of carbonyl (C=O) groups is 2. The summed E-state index contributed by atoms with van der Waals surface area (Å²) >= 11 is 0. The fourth-order valence-electron chi connectivity index (χ4n) is 5.15. The van der Waals surface area contributed by atoms with Crippen molar-refractivity contribution >= 4 is 11.7 Å². The number of piperidine rings is 1. The molecule has 0 aromatic heterocycles. The molecule has 2 heterocycles. The Morgan fingerprint density at radius 1 is 0.812 bits per heavy atom. The number of nitrogens with zero attached hydrogens (tertiary/aromatic N) is 3. The molecular formula is C27H35N3O2. The van der Waals surface area contributed by atoms with Crippen LogP contribution in [0.5, 0.6) is 0 Å². The van der Waals surface area contributed by atoms with Crippen LogP contribution >= 0.6 is 0 Å². The van der Waals surface area contributed by atoms with Crippen molar-refractivity contribution in [3.63, 3.8) is 0 Å². The van der Waals surface area contributed by atoms with E-state index in [1.807, 2.05) is 35.2 Å². The predicted molar refractivity (Wildman–Crippen MR) is 128 cm³/mol. The van der Waals surface area contributed by atoms with E-state index in [2.05, 4.69) is 41.0 Å². The zero-order valence-electron chi connectivity index (χ0n) is 19.4. The lowest BCUT2D eigenvalue weighted by atomic mass is 9.70. The molecule has 0 bridgehead atoms. The third kappa shape index (κ3) is 4.79. The van der Waals surface area contributed by atoms with Crippen molar-refractivity contribution in [2.24, 2.45) is 0 Å². The highest BCUT2D eigenvalue weighted by molar-refractivity contribution is 5.94. The summed E-state index contributed by atoms with van der Waals surface area (Å²) in [6.07, 6.45) is 1.71. The zero-order chi connectivity index (χ0) is 22.6. The normalized spacial score (nSPS) is 19.6. The van der Waals surface area contributed by atoms with E-state index in [1.54, 1.807) is 6.92 Å². The van der Waals surface area contributed by atoms with Gasteiger partial charge in [-0.25, -0.2) is 0 Å². The van der Waals surface area contributed by atoms with Gasteiger partial charge in [0.05, 0.1) is 5.41 Å². The Morgan fingerprint density at radius 3 is 2.00 bits per heavy atom. The number of piperazine rings is 1. The molecule has 0 aliphatic carbocycles. The number of rotatable bonds is 6. The average molecular weight is 434 g/mol. The number of likely N-dealkylation sites (tertiary alicyclic amines) is 1. The summed E-state index contributed by atoms with van der Waals surface area (Å²) in [5.74, 6) is 0.408. The highest BCUT2D eigenvalue weighted by atomic mass is 16.2.